The van der Waals surface area contributed by atoms with Gasteiger partial charge in [0.15, 0.2) is 0 Å². The Kier molecular flexibility index (Phi) is 9.05. The fourth-order valence-corrected chi connectivity index (χ4v) is 3.80. The third kappa shape index (κ3) is 7.71. The third-order valence-corrected chi connectivity index (χ3v) is 5.70. The number of rotatable bonds is 10. The second kappa shape index (κ2) is 11.5. The topological polar surface area (TPSA) is 92.6 Å². The lowest BCUT2D eigenvalue weighted by molar-refractivity contribution is -0.384. The van der Waals surface area contributed by atoms with Crippen molar-refractivity contribution in [3.63, 3.8) is 0 Å². The lowest BCUT2D eigenvalue weighted by Gasteiger charge is -2.29. The number of carbonyl (C=O) groups is 2. The molecule has 0 bridgehead atoms. The first kappa shape index (κ1) is 24.4. The number of hydrogen-bond donors (Lipinski definition) is 1. The monoisotopic (exact) mass is 443 g/mol. The summed E-state index contributed by atoms with van der Waals surface area (Å²) in [6.07, 6.45) is 0. The van der Waals surface area contributed by atoms with E-state index in [-0.39, 0.29) is 29.3 Å². The van der Waals surface area contributed by atoms with Crippen LogP contribution in [0.1, 0.15) is 37.5 Å². The van der Waals surface area contributed by atoms with Crippen molar-refractivity contribution in [1.82, 2.24) is 10.2 Å². The van der Waals surface area contributed by atoms with Crippen LogP contribution in [0, 0.1) is 17.0 Å². The maximum absolute atomic E-state index is 13.0. The molecule has 0 radical (unpaired) electrons. The van der Waals surface area contributed by atoms with Gasteiger partial charge in [-0.2, -0.15) is 0 Å². The van der Waals surface area contributed by atoms with Gasteiger partial charge < -0.3 is 10.2 Å². The highest BCUT2D eigenvalue weighted by atomic mass is 32.2. The number of nitro benzene ring substituents is 1. The molecule has 2 aromatic carbocycles. The molecule has 0 heterocycles. The van der Waals surface area contributed by atoms with Crippen LogP contribution in [0.15, 0.2) is 48.5 Å². The molecule has 0 fully saturated rings. The Labute approximate surface area is 187 Å². The van der Waals surface area contributed by atoms with E-state index < -0.39 is 11.0 Å². The summed E-state index contributed by atoms with van der Waals surface area (Å²) in [5.74, 6) is 0.450. The lowest BCUT2D eigenvalue weighted by Crippen LogP contribution is -2.49. The smallest absolute Gasteiger partial charge is 0.269 e. The van der Waals surface area contributed by atoms with Gasteiger partial charge in [-0.1, -0.05) is 42.0 Å². The number of benzene rings is 2. The Morgan fingerprint density at radius 1 is 1.03 bits per heavy atom. The number of carbonyl (C=O) groups excluding carboxylic acids is 2. The van der Waals surface area contributed by atoms with Gasteiger partial charge >= 0.3 is 0 Å². The van der Waals surface area contributed by atoms with Crippen LogP contribution in [0.25, 0.3) is 0 Å². The first-order valence-corrected chi connectivity index (χ1v) is 11.3. The molecule has 0 aliphatic carbocycles. The van der Waals surface area contributed by atoms with Crippen LogP contribution in [0.5, 0.6) is 0 Å². The molecule has 8 heteroatoms. The average molecular weight is 444 g/mol. The average Bonchev–Trinajstić information content (AvgIpc) is 2.72. The Hall–Kier alpha value is -2.87. The van der Waals surface area contributed by atoms with E-state index in [0.717, 1.165) is 16.7 Å². The van der Waals surface area contributed by atoms with Crippen molar-refractivity contribution in [2.75, 3.05) is 5.75 Å². The molecule has 1 atom stereocenters. The van der Waals surface area contributed by atoms with Crippen LogP contribution >= 0.6 is 11.8 Å². The maximum atomic E-state index is 13.0. The van der Waals surface area contributed by atoms with Gasteiger partial charge in [-0.3, -0.25) is 19.7 Å². The number of non-ortho nitro benzene ring substituents is 1. The highest BCUT2D eigenvalue weighted by molar-refractivity contribution is 7.99. The molecule has 0 saturated heterocycles. The van der Waals surface area contributed by atoms with Crippen molar-refractivity contribution in [3.05, 3.63) is 75.3 Å². The summed E-state index contributed by atoms with van der Waals surface area (Å²) in [7, 11) is 0. The second-order valence-electron chi connectivity index (χ2n) is 7.76. The summed E-state index contributed by atoms with van der Waals surface area (Å²) < 4.78 is 0. The molecule has 0 aliphatic heterocycles. The zero-order valence-electron chi connectivity index (χ0n) is 18.3. The molecule has 166 valence electrons. The lowest BCUT2D eigenvalue weighted by atomic mass is 10.1. The van der Waals surface area contributed by atoms with Gasteiger partial charge in [-0.05, 0) is 38.8 Å². The Bertz CT molecular complexity index is 898. The molecule has 0 unspecified atom stereocenters. The first-order chi connectivity index (χ1) is 14.7. The summed E-state index contributed by atoms with van der Waals surface area (Å²) in [5, 5.41) is 13.6. The van der Waals surface area contributed by atoms with Gasteiger partial charge in [-0.25, -0.2) is 0 Å². The van der Waals surface area contributed by atoms with E-state index in [2.05, 4.69) is 5.32 Å². The van der Waals surface area contributed by atoms with Gasteiger partial charge in [0, 0.05) is 30.5 Å². The zero-order valence-corrected chi connectivity index (χ0v) is 19.1. The van der Waals surface area contributed by atoms with Gasteiger partial charge in [-0.15, -0.1) is 11.8 Å². The number of aryl methyl sites for hydroxylation is 1. The molecular weight excluding hydrogens is 414 g/mol. The molecular formula is C23H29N3O4S. The molecule has 0 saturated carbocycles. The number of thioether (sulfide) groups is 1. The van der Waals surface area contributed by atoms with E-state index in [0.29, 0.717) is 12.3 Å². The first-order valence-electron chi connectivity index (χ1n) is 10.1. The molecule has 7 nitrogen and oxygen atoms in total. The van der Waals surface area contributed by atoms with E-state index in [9.17, 15) is 19.7 Å². The van der Waals surface area contributed by atoms with Crippen LogP contribution in [0.4, 0.5) is 5.69 Å². The largest absolute Gasteiger partial charge is 0.352 e. The van der Waals surface area contributed by atoms with Gasteiger partial charge in [0.05, 0.1) is 10.7 Å². The van der Waals surface area contributed by atoms with Crippen molar-refractivity contribution in [1.29, 1.82) is 0 Å². The van der Waals surface area contributed by atoms with Gasteiger partial charge in [0.1, 0.15) is 6.04 Å². The van der Waals surface area contributed by atoms with Crippen LogP contribution < -0.4 is 5.32 Å². The van der Waals surface area contributed by atoms with Crippen molar-refractivity contribution in [3.8, 4) is 0 Å². The normalized spacial score (nSPS) is 11.8. The van der Waals surface area contributed by atoms with Crippen molar-refractivity contribution < 1.29 is 14.5 Å². The predicted molar refractivity (Wildman–Crippen MR) is 124 cm³/mol. The number of nitro groups is 1. The van der Waals surface area contributed by atoms with Crippen LogP contribution in [-0.2, 0) is 21.9 Å². The highest BCUT2D eigenvalue weighted by Crippen LogP contribution is 2.19. The van der Waals surface area contributed by atoms with E-state index in [1.807, 2.05) is 45.0 Å². The molecule has 0 aromatic heterocycles. The van der Waals surface area contributed by atoms with Gasteiger partial charge in [0.2, 0.25) is 11.8 Å². The number of nitrogens with one attached hydrogen (secondary N) is 1. The van der Waals surface area contributed by atoms with E-state index in [4.69, 9.17) is 0 Å². The maximum Gasteiger partial charge on any atom is 0.269 e. The zero-order chi connectivity index (χ0) is 23.0. The fourth-order valence-electron chi connectivity index (χ4n) is 2.93. The molecule has 0 spiro atoms. The third-order valence-electron chi connectivity index (χ3n) is 4.71. The second-order valence-corrected chi connectivity index (χ2v) is 8.75. The SMILES string of the molecule is Cc1ccc(CN(C(=O)CSCc2ccc([N+](=O)[O-])cc2)[C@H](C)C(=O)NC(C)C)cc1. The number of amides is 2. The Morgan fingerprint density at radius 2 is 1.61 bits per heavy atom. The van der Waals surface area contributed by atoms with E-state index in [1.165, 1.54) is 23.9 Å². The molecule has 2 rings (SSSR count). The van der Waals surface area contributed by atoms with Gasteiger partial charge in [0.25, 0.3) is 5.69 Å². The van der Waals surface area contributed by atoms with Crippen LogP contribution in [0.3, 0.4) is 0 Å². The molecule has 2 aromatic rings. The minimum Gasteiger partial charge on any atom is -0.352 e. The van der Waals surface area contributed by atoms with Crippen LogP contribution in [-0.4, -0.2) is 39.5 Å². The number of nitrogens with zero attached hydrogens (tertiary/aromatic N) is 2. The molecule has 0 aliphatic rings. The predicted octanol–water partition coefficient (Wildman–Crippen LogP) is 4.08. The van der Waals surface area contributed by atoms with Crippen molar-refractivity contribution in [2.45, 2.75) is 52.1 Å². The molecule has 2 amide bonds. The minimum atomic E-state index is -0.601. The van der Waals surface area contributed by atoms with E-state index in [1.54, 1.807) is 24.0 Å². The summed E-state index contributed by atoms with van der Waals surface area (Å²) in [4.78, 5) is 37.5. The highest BCUT2D eigenvalue weighted by Gasteiger charge is 2.26. The fraction of sp³-hybridized carbons (Fsp3) is 0.391. The molecule has 1 N–H and O–H groups in total. The van der Waals surface area contributed by atoms with Crippen LogP contribution in [0.2, 0.25) is 0 Å². The van der Waals surface area contributed by atoms with Crippen molar-refractivity contribution in [2.24, 2.45) is 0 Å². The quantitative estimate of drug-likeness (QED) is 0.441. The molecule has 31 heavy (non-hydrogen) atoms. The summed E-state index contributed by atoms with van der Waals surface area (Å²) in [6.45, 7) is 7.86. The van der Waals surface area contributed by atoms with Crippen molar-refractivity contribution >= 4 is 29.3 Å². The summed E-state index contributed by atoms with van der Waals surface area (Å²) >= 11 is 1.42. The van der Waals surface area contributed by atoms with E-state index >= 15 is 0 Å². The Morgan fingerprint density at radius 3 is 2.16 bits per heavy atom. The standard InChI is InChI=1S/C23H29N3O4S/c1-16(2)24-23(28)18(4)25(13-19-7-5-17(3)6-8-19)22(27)15-31-14-20-9-11-21(12-10-20)26(29)30/h5-12,16,18H,13-15H2,1-4H3,(H,24,28)/t18-/m1/s1. The summed E-state index contributed by atoms with van der Waals surface area (Å²) in [5.41, 5.74) is 3.03. The number of hydrogen-bond acceptors (Lipinski definition) is 5. The Balaban J connectivity index is 2.04. The summed E-state index contributed by atoms with van der Waals surface area (Å²) in [6, 6.07) is 13.6. The minimum absolute atomic E-state index is 0.0113.